The summed E-state index contributed by atoms with van der Waals surface area (Å²) in [6.07, 6.45) is 0. The van der Waals surface area contributed by atoms with E-state index in [1.165, 1.54) is 18.2 Å². The van der Waals surface area contributed by atoms with Gasteiger partial charge in [0.2, 0.25) is 11.7 Å². The second kappa shape index (κ2) is 7.72. The molecule has 33 heavy (non-hydrogen) atoms. The standard InChI is InChI=1S/C23H13ClF2N2O4S/c1-10-8-9-14(32-10)20(29)16-19(11-4-2-6-13(25)17(11)26)28(22(31)21(16)30)23-27-18-12(24)5-3-7-15(18)33-23/h2-9,30-31H,1H3. The summed E-state index contributed by atoms with van der Waals surface area (Å²) in [5.74, 6) is -4.56. The number of thiazole rings is 1. The zero-order valence-electron chi connectivity index (χ0n) is 16.8. The van der Waals surface area contributed by atoms with Crippen LogP contribution in [0.1, 0.15) is 21.9 Å². The first-order chi connectivity index (χ1) is 15.8. The molecular weight excluding hydrogens is 474 g/mol. The van der Waals surface area contributed by atoms with Crippen molar-refractivity contribution in [1.82, 2.24) is 9.55 Å². The second-order valence-electron chi connectivity index (χ2n) is 7.16. The number of nitrogens with zero attached hydrogens (tertiary/aromatic N) is 2. The van der Waals surface area contributed by atoms with Crippen LogP contribution in [-0.2, 0) is 0 Å². The van der Waals surface area contributed by atoms with E-state index in [4.69, 9.17) is 16.0 Å². The molecule has 0 aliphatic heterocycles. The molecule has 0 unspecified atom stereocenters. The van der Waals surface area contributed by atoms with Gasteiger partial charge in [-0.05, 0) is 43.3 Å². The van der Waals surface area contributed by atoms with Crippen molar-refractivity contribution < 1.29 is 28.2 Å². The van der Waals surface area contributed by atoms with Crippen molar-refractivity contribution in [3.8, 4) is 28.0 Å². The van der Waals surface area contributed by atoms with Gasteiger partial charge in [0, 0.05) is 5.56 Å². The molecule has 0 aliphatic carbocycles. The highest BCUT2D eigenvalue weighted by atomic mass is 35.5. The Labute approximate surface area is 193 Å². The molecule has 0 fully saturated rings. The first-order valence-corrected chi connectivity index (χ1v) is 10.7. The van der Waals surface area contributed by atoms with Gasteiger partial charge in [-0.2, -0.15) is 0 Å². The third-order valence-corrected chi connectivity index (χ3v) is 6.38. The Morgan fingerprint density at radius 3 is 2.58 bits per heavy atom. The predicted octanol–water partition coefficient (Wildman–Crippen LogP) is 6.23. The highest BCUT2D eigenvalue weighted by Crippen LogP contribution is 2.46. The topological polar surface area (TPSA) is 88.5 Å². The molecule has 0 aliphatic rings. The number of aryl methyl sites for hydroxylation is 1. The number of aromatic nitrogens is 2. The Bertz CT molecular complexity index is 1570. The number of para-hydroxylation sites is 1. The van der Waals surface area contributed by atoms with E-state index in [1.807, 2.05) is 0 Å². The minimum absolute atomic E-state index is 0.0826. The van der Waals surface area contributed by atoms with E-state index < -0.39 is 34.6 Å². The summed E-state index contributed by atoms with van der Waals surface area (Å²) in [6, 6.07) is 11.4. The van der Waals surface area contributed by atoms with E-state index in [9.17, 15) is 23.8 Å². The number of aromatic hydroxyl groups is 2. The van der Waals surface area contributed by atoms with Crippen LogP contribution in [0.5, 0.6) is 11.6 Å². The van der Waals surface area contributed by atoms with E-state index in [0.29, 0.717) is 21.0 Å². The van der Waals surface area contributed by atoms with Crippen LogP contribution in [0.3, 0.4) is 0 Å². The molecular formula is C23H13ClF2N2O4S. The minimum Gasteiger partial charge on any atom is -0.503 e. The van der Waals surface area contributed by atoms with Gasteiger partial charge in [-0.3, -0.25) is 9.36 Å². The van der Waals surface area contributed by atoms with Gasteiger partial charge in [-0.15, -0.1) is 0 Å². The van der Waals surface area contributed by atoms with Crippen molar-refractivity contribution in [2.45, 2.75) is 6.92 Å². The quantitative estimate of drug-likeness (QED) is 0.294. The van der Waals surface area contributed by atoms with Crippen molar-refractivity contribution in [1.29, 1.82) is 0 Å². The van der Waals surface area contributed by atoms with Crippen LogP contribution in [0.2, 0.25) is 5.02 Å². The van der Waals surface area contributed by atoms with Gasteiger partial charge in [0.05, 0.1) is 21.0 Å². The third kappa shape index (κ3) is 3.28. The van der Waals surface area contributed by atoms with Gasteiger partial charge in [0.15, 0.2) is 28.3 Å². The predicted molar refractivity (Wildman–Crippen MR) is 120 cm³/mol. The Hall–Kier alpha value is -3.69. The molecule has 0 saturated heterocycles. The number of fused-ring (bicyclic) bond motifs is 1. The number of rotatable bonds is 4. The molecule has 166 valence electrons. The number of hydrogen-bond donors (Lipinski definition) is 2. The van der Waals surface area contributed by atoms with Crippen molar-refractivity contribution in [3.05, 3.63) is 82.3 Å². The van der Waals surface area contributed by atoms with Crippen LogP contribution in [0.25, 0.3) is 26.6 Å². The lowest BCUT2D eigenvalue weighted by atomic mass is 10.0. The molecule has 0 amide bonds. The maximum atomic E-state index is 14.9. The molecule has 2 aromatic carbocycles. The lowest BCUT2D eigenvalue weighted by Gasteiger charge is -2.10. The normalized spacial score (nSPS) is 11.4. The number of hydrogen-bond acceptors (Lipinski definition) is 6. The van der Waals surface area contributed by atoms with E-state index in [1.54, 1.807) is 31.2 Å². The zero-order chi connectivity index (χ0) is 23.4. The van der Waals surface area contributed by atoms with Crippen LogP contribution in [0.15, 0.2) is 52.9 Å². The maximum Gasteiger partial charge on any atom is 0.242 e. The maximum absolute atomic E-state index is 14.9. The van der Waals surface area contributed by atoms with E-state index in [0.717, 1.165) is 22.0 Å². The molecule has 0 bridgehead atoms. The molecule has 10 heteroatoms. The van der Waals surface area contributed by atoms with Gasteiger partial charge < -0.3 is 14.6 Å². The summed E-state index contributed by atoms with van der Waals surface area (Å²) in [5.41, 5.74) is -0.692. The molecule has 2 N–H and O–H groups in total. The molecule has 0 saturated carbocycles. The summed E-state index contributed by atoms with van der Waals surface area (Å²) >= 11 is 7.29. The van der Waals surface area contributed by atoms with Crippen molar-refractivity contribution >= 4 is 38.9 Å². The smallest absolute Gasteiger partial charge is 0.242 e. The van der Waals surface area contributed by atoms with Crippen molar-refractivity contribution in [3.63, 3.8) is 0 Å². The van der Waals surface area contributed by atoms with Crippen LogP contribution in [-0.4, -0.2) is 25.5 Å². The number of ketones is 1. The average Bonchev–Trinajstić information content (AvgIpc) is 3.47. The lowest BCUT2D eigenvalue weighted by molar-refractivity contribution is 0.101. The highest BCUT2D eigenvalue weighted by molar-refractivity contribution is 7.21. The number of benzene rings is 2. The summed E-state index contributed by atoms with van der Waals surface area (Å²) in [4.78, 5) is 17.7. The van der Waals surface area contributed by atoms with Crippen molar-refractivity contribution in [2.24, 2.45) is 0 Å². The van der Waals surface area contributed by atoms with Gasteiger partial charge in [0.25, 0.3) is 0 Å². The fourth-order valence-corrected chi connectivity index (χ4v) is 4.84. The largest absolute Gasteiger partial charge is 0.503 e. The van der Waals surface area contributed by atoms with Crippen LogP contribution in [0, 0.1) is 18.6 Å². The van der Waals surface area contributed by atoms with Crippen LogP contribution < -0.4 is 0 Å². The first kappa shape index (κ1) is 21.2. The summed E-state index contributed by atoms with van der Waals surface area (Å²) < 4.78 is 36.1. The van der Waals surface area contributed by atoms with Gasteiger partial charge in [0.1, 0.15) is 11.3 Å². The van der Waals surface area contributed by atoms with Gasteiger partial charge in [-0.25, -0.2) is 13.8 Å². The Morgan fingerprint density at radius 1 is 1.12 bits per heavy atom. The highest BCUT2D eigenvalue weighted by Gasteiger charge is 2.34. The van der Waals surface area contributed by atoms with Crippen LogP contribution in [0.4, 0.5) is 8.78 Å². The molecule has 0 radical (unpaired) electrons. The number of halogens is 3. The molecule has 5 rings (SSSR count). The monoisotopic (exact) mass is 486 g/mol. The molecule has 0 atom stereocenters. The Balaban J connectivity index is 1.87. The third-order valence-electron chi connectivity index (χ3n) is 5.07. The molecule has 0 spiro atoms. The van der Waals surface area contributed by atoms with E-state index in [2.05, 4.69) is 4.98 Å². The summed E-state index contributed by atoms with van der Waals surface area (Å²) in [5, 5.41) is 22.0. The van der Waals surface area contributed by atoms with Crippen molar-refractivity contribution in [2.75, 3.05) is 0 Å². The van der Waals surface area contributed by atoms with Gasteiger partial charge in [-0.1, -0.05) is 35.1 Å². The van der Waals surface area contributed by atoms with E-state index >= 15 is 0 Å². The second-order valence-corrected chi connectivity index (χ2v) is 8.57. The average molecular weight is 487 g/mol. The number of furan rings is 1. The molecule has 3 aromatic heterocycles. The number of carbonyl (C=O) groups excluding carboxylic acids is 1. The Morgan fingerprint density at radius 2 is 1.88 bits per heavy atom. The van der Waals surface area contributed by atoms with E-state index in [-0.39, 0.29) is 22.1 Å². The minimum atomic E-state index is -1.26. The Kier molecular flexibility index (Phi) is 4.95. The van der Waals surface area contributed by atoms with Gasteiger partial charge >= 0.3 is 0 Å². The summed E-state index contributed by atoms with van der Waals surface area (Å²) in [6.45, 7) is 1.62. The zero-order valence-corrected chi connectivity index (χ0v) is 18.3. The molecule has 3 heterocycles. The molecule has 6 nitrogen and oxygen atoms in total. The molecule has 5 aromatic rings. The fourth-order valence-electron chi connectivity index (χ4n) is 3.57. The number of carbonyl (C=O) groups is 1. The SMILES string of the molecule is Cc1ccc(C(=O)c2c(O)c(O)n(-c3nc4c(Cl)cccc4s3)c2-c2cccc(F)c2F)o1. The summed E-state index contributed by atoms with van der Waals surface area (Å²) in [7, 11) is 0. The fraction of sp³-hybridized carbons (Fsp3) is 0.0435. The lowest BCUT2D eigenvalue weighted by Crippen LogP contribution is -2.05. The van der Waals surface area contributed by atoms with Crippen LogP contribution >= 0.6 is 22.9 Å². The first-order valence-electron chi connectivity index (χ1n) is 9.55.